The van der Waals surface area contributed by atoms with Crippen molar-refractivity contribution in [2.24, 2.45) is 0 Å². The van der Waals surface area contributed by atoms with E-state index in [9.17, 15) is 0 Å². The van der Waals surface area contributed by atoms with Gasteiger partial charge in [0.25, 0.3) is 0 Å². The van der Waals surface area contributed by atoms with Gasteiger partial charge in [-0.15, -0.1) is 11.6 Å². The van der Waals surface area contributed by atoms with Gasteiger partial charge in [0.05, 0.1) is 13.7 Å². The number of rotatable bonds is 5. The first kappa shape index (κ1) is 10.2. The normalized spacial score (nSPS) is 9.69. The largest absolute Gasteiger partial charge is 0.493 e. The molecule has 0 spiro atoms. The maximum absolute atomic E-state index is 5.53. The van der Waals surface area contributed by atoms with E-state index in [1.807, 2.05) is 24.3 Å². The molecule has 0 aliphatic carbocycles. The highest BCUT2D eigenvalue weighted by Gasteiger charge is 2.00. The lowest BCUT2D eigenvalue weighted by molar-refractivity contribution is 0.295. The first-order valence-corrected chi connectivity index (χ1v) is 4.73. The SMILES string of the molecule is COc1ccccc1OCCCCl. The molecule has 0 saturated carbocycles. The summed E-state index contributed by atoms with van der Waals surface area (Å²) >= 11 is 5.53. The molecule has 0 unspecified atom stereocenters. The second-order valence-corrected chi connectivity index (χ2v) is 2.92. The molecule has 0 heterocycles. The van der Waals surface area contributed by atoms with Gasteiger partial charge in [-0.3, -0.25) is 0 Å². The molecule has 0 amide bonds. The Hall–Kier alpha value is -0.890. The second kappa shape index (κ2) is 5.70. The molecule has 13 heavy (non-hydrogen) atoms. The number of para-hydroxylation sites is 2. The van der Waals surface area contributed by atoms with E-state index in [4.69, 9.17) is 21.1 Å². The number of alkyl halides is 1. The van der Waals surface area contributed by atoms with Crippen LogP contribution in [0, 0.1) is 0 Å². The van der Waals surface area contributed by atoms with E-state index in [2.05, 4.69) is 0 Å². The third kappa shape index (κ3) is 3.15. The van der Waals surface area contributed by atoms with Crippen molar-refractivity contribution in [3.05, 3.63) is 24.3 Å². The lowest BCUT2D eigenvalue weighted by Crippen LogP contribution is -1.99. The van der Waals surface area contributed by atoms with E-state index in [1.165, 1.54) is 0 Å². The maximum atomic E-state index is 5.53. The number of ether oxygens (including phenoxy) is 2. The Morgan fingerprint density at radius 1 is 1.23 bits per heavy atom. The van der Waals surface area contributed by atoms with Crippen LogP contribution in [-0.4, -0.2) is 19.6 Å². The summed E-state index contributed by atoms with van der Waals surface area (Å²) in [6.45, 7) is 0.629. The highest BCUT2D eigenvalue weighted by molar-refractivity contribution is 6.17. The first-order valence-electron chi connectivity index (χ1n) is 4.20. The molecule has 2 nitrogen and oxygen atoms in total. The van der Waals surface area contributed by atoms with E-state index >= 15 is 0 Å². The lowest BCUT2D eigenvalue weighted by Gasteiger charge is -2.08. The molecular formula is C10H13ClO2. The molecule has 0 radical (unpaired) electrons. The van der Waals surface area contributed by atoms with Crippen LogP contribution in [0.5, 0.6) is 11.5 Å². The Morgan fingerprint density at radius 2 is 1.92 bits per heavy atom. The zero-order valence-electron chi connectivity index (χ0n) is 7.63. The predicted molar refractivity (Wildman–Crippen MR) is 53.8 cm³/mol. The monoisotopic (exact) mass is 200 g/mol. The minimum Gasteiger partial charge on any atom is -0.493 e. The van der Waals surface area contributed by atoms with Crippen LogP contribution in [0.2, 0.25) is 0 Å². The lowest BCUT2D eigenvalue weighted by atomic mass is 10.3. The van der Waals surface area contributed by atoms with E-state index in [0.717, 1.165) is 17.9 Å². The van der Waals surface area contributed by atoms with Crippen molar-refractivity contribution < 1.29 is 9.47 Å². The van der Waals surface area contributed by atoms with Crippen LogP contribution in [0.15, 0.2) is 24.3 Å². The standard InChI is InChI=1S/C10H13ClO2/c1-12-9-5-2-3-6-10(9)13-8-4-7-11/h2-3,5-6H,4,7-8H2,1H3. The van der Waals surface area contributed by atoms with E-state index < -0.39 is 0 Å². The van der Waals surface area contributed by atoms with Crippen LogP contribution in [0.25, 0.3) is 0 Å². The van der Waals surface area contributed by atoms with Crippen molar-refractivity contribution in [1.82, 2.24) is 0 Å². The van der Waals surface area contributed by atoms with Gasteiger partial charge >= 0.3 is 0 Å². The van der Waals surface area contributed by atoms with Crippen molar-refractivity contribution in [1.29, 1.82) is 0 Å². The van der Waals surface area contributed by atoms with Crippen molar-refractivity contribution in [3.8, 4) is 11.5 Å². The molecule has 0 atom stereocenters. The minimum atomic E-state index is 0.620. The van der Waals surface area contributed by atoms with Crippen LogP contribution in [-0.2, 0) is 0 Å². The van der Waals surface area contributed by atoms with Crippen molar-refractivity contribution in [2.75, 3.05) is 19.6 Å². The summed E-state index contributed by atoms with van der Waals surface area (Å²) in [4.78, 5) is 0. The van der Waals surface area contributed by atoms with Gasteiger partial charge < -0.3 is 9.47 Å². The zero-order chi connectivity index (χ0) is 9.52. The Morgan fingerprint density at radius 3 is 2.54 bits per heavy atom. The summed E-state index contributed by atoms with van der Waals surface area (Å²) in [5.41, 5.74) is 0. The van der Waals surface area contributed by atoms with Crippen LogP contribution < -0.4 is 9.47 Å². The predicted octanol–water partition coefficient (Wildman–Crippen LogP) is 2.70. The van der Waals surface area contributed by atoms with Crippen molar-refractivity contribution in [2.45, 2.75) is 6.42 Å². The third-order valence-electron chi connectivity index (χ3n) is 1.60. The van der Waals surface area contributed by atoms with E-state index in [-0.39, 0.29) is 0 Å². The Bertz CT molecular complexity index is 250. The van der Waals surface area contributed by atoms with Gasteiger partial charge in [-0.2, -0.15) is 0 Å². The molecular weight excluding hydrogens is 188 g/mol. The fourth-order valence-corrected chi connectivity index (χ4v) is 1.08. The molecule has 3 heteroatoms. The van der Waals surface area contributed by atoms with Crippen LogP contribution in [0.4, 0.5) is 0 Å². The Balaban J connectivity index is 2.54. The minimum absolute atomic E-state index is 0.620. The van der Waals surface area contributed by atoms with Gasteiger partial charge in [-0.1, -0.05) is 12.1 Å². The molecule has 0 saturated heterocycles. The highest BCUT2D eigenvalue weighted by Crippen LogP contribution is 2.25. The molecule has 1 aromatic carbocycles. The van der Waals surface area contributed by atoms with Gasteiger partial charge in [0.1, 0.15) is 0 Å². The molecule has 0 N–H and O–H groups in total. The topological polar surface area (TPSA) is 18.5 Å². The summed E-state index contributed by atoms with van der Waals surface area (Å²) in [5.74, 6) is 2.15. The molecule has 0 bridgehead atoms. The maximum Gasteiger partial charge on any atom is 0.161 e. The average Bonchev–Trinajstić information content (AvgIpc) is 2.19. The third-order valence-corrected chi connectivity index (χ3v) is 1.87. The van der Waals surface area contributed by atoms with Gasteiger partial charge in [-0.05, 0) is 18.6 Å². The Labute approximate surface area is 83.4 Å². The number of hydrogen-bond acceptors (Lipinski definition) is 2. The summed E-state index contributed by atoms with van der Waals surface area (Å²) in [7, 11) is 1.63. The first-order chi connectivity index (χ1) is 6.38. The molecule has 0 aliphatic heterocycles. The van der Waals surface area contributed by atoms with Crippen molar-refractivity contribution in [3.63, 3.8) is 0 Å². The van der Waals surface area contributed by atoms with Crippen LogP contribution >= 0.6 is 11.6 Å². The molecule has 1 aromatic rings. The molecule has 1 rings (SSSR count). The molecule has 0 fully saturated rings. The number of hydrogen-bond donors (Lipinski definition) is 0. The number of halogens is 1. The summed E-state index contributed by atoms with van der Waals surface area (Å²) < 4.78 is 10.6. The van der Waals surface area contributed by atoms with E-state index in [0.29, 0.717) is 12.5 Å². The number of benzene rings is 1. The van der Waals surface area contributed by atoms with Crippen LogP contribution in [0.3, 0.4) is 0 Å². The van der Waals surface area contributed by atoms with Gasteiger partial charge in [-0.25, -0.2) is 0 Å². The second-order valence-electron chi connectivity index (χ2n) is 2.54. The quantitative estimate of drug-likeness (QED) is 0.538. The summed E-state index contributed by atoms with van der Waals surface area (Å²) in [6, 6.07) is 7.58. The van der Waals surface area contributed by atoms with E-state index in [1.54, 1.807) is 7.11 Å². The fourth-order valence-electron chi connectivity index (χ4n) is 0.975. The highest BCUT2D eigenvalue weighted by atomic mass is 35.5. The van der Waals surface area contributed by atoms with Crippen LogP contribution in [0.1, 0.15) is 6.42 Å². The van der Waals surface area contributed by atoms with Gasteiger partial charge in [0.2, 0.25) is 0 Å². The summed E-state index contributed by atoms with van der Waals surface area (Å²) in [6.07, 6.45) is 0.847. The molecule has 72 valence electrons. The smallest absolute Gasteiger partial charge is 0.161 e. The number of methoxy groups -OCH3 is 1. The summed E-state index contributed by atoms with van der Waals surface area (Å²) in [5, 5.41) is 0. The Kier molecular flexibility index (Phi) is 4.47. The molecule has 0 aromatic heterocycles. The van der Waals surface area contributed by atoms with Crippen molar-refractivity contribution >= 4 is 11.6 Å². The van der Waals surface area contributed by atoms with Gasteiger partial charge in [0, 0.05) is 5.88 Å². The fraction of sp³-hybridized carbons (Fsp3) is 0.400. The zero-order valence-corrected chi connectivity index (χ0v) is 8.38. The van der Waals surface area contributed by atoms with Gasteiger partial charge in [0.15, 0.2) is 11.5 Å². The molecule has 0 aliphatic rings. The average molecular weight is 201 g/mol.